The average molecular weight is 354 g/mol. The number of aromatic nitrogens is 2. The number of guanidine groups is 1. The fourth-order valence-electron chi connectivity index (χ4n) is 2.30. The maximum absolute atomic E-state index is 12.0. The van der Waals surface area contributed by atoms with Crippen molar-refractivity contribution in [3.63, 3.8) is 0 Å². The molecule has 8 heteroatoms. The average Bonchev–Trinajstić information content (AvgIpc) is 2.67. The number of aliphatic imine (C=N–C) groups is 1. The van der Waals surface area contributed by atoms with E-state index >= 15 is 0 Å². The van der Waals surface area contributed by atoms with Gasteiger partial charge >= 0.3 is 0 Å². The Morgan fingerprint density at radius 3 is 2.73 bits per heavy atom. The monoisotopic (exact) mass is 354 g/mol. The molecule has 1 aromatic heterocycles. The first-order valence-corrected chi connectivity index (χ1v) is 8.34. The van der Waals surface area contributed by atoms with Gasteiger partial charge in [-0.15, -0.1) is 0 Å². The second-order valence-corrected chi connectivity index (χ2v) is 5.36. The summed E-state index contributed by atoms with van der Waals surface area (Å²) in [6, 6.07) is 10.7. The first-order chi connectivity index (χ1) is 12.7. The van der Waals surface area contributed by atoms with E-state index in [0.717, 1.165) is 17.0 Å². The van der Waals surface area contributed by atoms with Gasteiger partial charge in [0.15, 0.2) is 6.19 Å². The zero-order chi connectivity index (χ0) is 18.8. The number of benzene rings is 1. The van der Waals surface area contributed by atoms with Crippen LogP contribution in [-0.4, -0.2) is 35.9 Å². The number of hydrogen-bond donors (Lipinski definition) is 2. The number of aryl methyl sites for hydroxylation is 1. The van der Waals surface area contributed by atoms with Crippen LogP contribution in [0.15, 0.2) is 46.2 Å². The number of nitrogens with one attached hydrogen (secondary N) is 2. The predicted octanol–water partition coefficient (Wildman–Crippen LogP) is 1.35. The van der Waals surface area contributed by atoms with E-state index in [1.807, 2.05) is 37.4 Å². The lowest BCUT2D eigenvalue weighted by molar-refractivity contribution is 0.415. The Balaban J connectivity index is 2.04. The van der Waals surface area contributed by atoms with Crippen molar-refractivity contribution in [2.45, 2.75) is 19.9 Å². The summed E-state index contributed by atoms with van der Waals surface area (Å²) < 4.78 is 6.58. The quantitative estimate of drug-likeness (QED) is 0.256. The van der Waals surface area contributed by atoms with Crippen LogP contribution in [-0.2, 0) is 6.54 Å². The van der Waals surface area contributed by atoms with E-state index in [1.54, 1.807) is 13.2 Å². The molecule has 0 amide bonds. The van der Waals surface area contributed by atoms with Crippen LogP contribution in [0.3, 0.4) is 0 Å². The smallest absolute Gasteiger partial charge is 0.266 e. The van der Waals surface area contributed by atoms with Gasteiger partial charge in [-0.1, -0.05) is 0 Å². The van der Waals surface area contributed by atoms with Crippen molar-refractivity contribution in [3.05, 3.63) is 46.8 Å². The van der Waals surface area contributed by atoms with E-state index in [4.69, 9.17) is 10.00 Å². The molecule has 1 aromatic carbocycles. The standard InChI is InChI=1S/C18H22N6O2/c1-3-20-18(22-13-19)21-11-4-12-24-17(25)10-9-16(23-24)14-5-7-15(26-2)8-6-14/h5-10H,3-4,11-12H2,1-2H3,(H2,20,21,22). The van der Waals surface area contributed by atoms with Gasteiger partial charge < -0.3 is 10.1 Å². The molecule has 0 unspecified atom stereocenters. The van der Waals surface area contributed by atoms with Crippen molar-refractivity contribution in [2.75, 3.05) is 20.2 Å². The van der Waals surface area contributed by atoms with Gasteiger partial charge in [-0.25, -0.2) is 4.68 Å². The maximum atomic E-state index is 12.0. The summed E-state index contributed by atoms with van der Waals surface area (Å²) in [6.07, 6.45) is 2.46. The second-order valence-electron chi connectivity index (χ2n) is 5.36. The fraction of sp³-hybridized carbons (Fsp3) is 0.333. The lowest BCUT2D eigenvalue weighted by atomic mass is 10.1. The zero-order valence-corrected chi connectivity index (χ0v) is 14.9. The van der Waals surface area contributed by atoms with Crippen molar-refractivity contribution in [1.29, 1.82) is 5.26 Å². The third-order valence-electron chi connectivity index (χ3n) is 3.57. The third kappa shape index (κ3) is 5.34. The second kappa shape index (κ2) is 9.84. The van der Waals surface area contributed by atoms with Crippen LogP contribution in [0.2, 0.25) is 0 Å². The normalized spacial score (nSPS) is 10.9. The number of nitriles is 1. The van der Waals surface area contributed by atoms with Crippen molar-refractivity contribution in [1.82, 2.24) is 20.4 Å². The summed E-state index contributed by atoms with van der Waals surface area (Å²) in [4.78, 5) is 16.3. The molecule has 0 radical (unpaired) electrons. The first kappa shape index (κ1) is 19.0. The highest BCUT2D eigenvalue weighted by Gasteiger charge is 2.04. The molecule has 0 saturated carbocycles. The van der Waals surface area contributed by atoms with E-state index < -0.39 is 0 Å². The van der Waals surface area contributed by atoms with Gasteiger partial charge in [0.05, 0.1) is 12.8 Å². The van der Waals surface area contributed by atoms with Crippen LogP contribution >= 0.6 is 0 Å². The molecule has 0 atom stereocenters. The fourth-order valence-corrected chi connectivity index (χ4v) is 2.30. The molecule has 0 bridgehead atoms. The Labute approximate surface area is 152 Å². The van der Waals surface area contributed by atoms with Crippen LogP contribution in [0.25, 0.3) is 11.3 Å². The molecule has 0 aliphatic rings. The molecule has 1 heterocycles. The summed E-state index contributed by atoms with van der Waals surface area (Å²) >= 11 is 0. The highest BCUT2D eigenvalue weighted by atomic mass is 16.5. The molecular formula is C18H22N6O2. The van der Waals surface area contributed by atoms with Crippen LogP contribution < -0.4 is 20.9 Å². The Hall–Kier alpha value is -3.34. The largest absolute Gasteiger partial charge is 0.497 e. The molecule has 0 spiro atoms. The Morgan fingerprint density at radius 2 is 2.08 bits per heavy atom. The maximum Gasteiger partial charge on any atom is 0.266 e. The van der Waals surface area contributed by atoms with Crippen LogP contribution in [0.5, 0.6) is 5.75 Å². The molecule has 0 aliphatic carbocycles. The molecule has 0 aliphatic heterocycles. The van der Waals surface area contributed by atoms with Gasteiger partial charge in [-0.2, -0.15) is 10.4 Å². The predicted molar refractivity (Wildman–Crippen MR) is 99.8 cm³/mol. The van der Waals surface area contributed by atoms with Crippen LogP contribution in [0.4, 0.5) is 0 Å². The first-order valence-electron chi connectivity index (χ1n) is 8.34. The summed E-state index contributed by atoms with van der Waals surface area (Å²) in [7, 11) is 1.61. The highest BCUT2D eigenvalue weighted by molar-refractivity contribution is 5.81. The van der Waals surface area contributed by atoms with E-state index in [0.29, 0.717) is 32.0 Å². The van der Waals surface area contributed by atoms with Gasteiger partial charge in [0.1, 0.15) is 5.75 Å². The zero-order valence-electron chi connectivity index (χ0n) is 14.9. The Kier molecular flexibility index (Phi) is 7.18. The van der Waals surface area contributed by atoms with Crippen molar-refractivity contribution in [2.24, 2.45) is 4.99 Å². The minimum Gasteiger partial charge on any atom is -0.497 e. The van der Waals surface area contributed by atoms with Crippen LogP contribution in [0.1, 0.15) is 13.3 Å². The van der Waals surface area contributed by atoms with E-state index in [-0.39, 0.29) is 5.56 Å². The van der Waals surface area contributed by atoms with Gasteiger partial charge in [-0.3, -0.25) is 15.1 Å². The molecule has 0 fully saturated rings. The molecule has 0 saturated heterocycles. The molecule has 2 aromatic rings. The van der Waals surface area contributed by atoms with E-state index in [1.165, 1.54) is 10.7 Å². The summed E-state index contributed by atoms with van der Waals surface area (Å²) in [6.45, 7) is 3.50. The van der Waals surface area contributed by atoms with E-state index in [9.17, 15) is 4.79 Å². The van der Waals surface area contributed by atoms with Crippen molar-refractivity contribution < 1.29 is 4.74 Å². The molecular weight excluding hydrogens is 332 g/mol. The summed E-state index contributed by atoms with van der Waals surface area (Å²) in [5.74, 6) is 1.20. The number of ether oxygens (including phenoxy) is 1. The van der Waals surface area contributed by atoms with Gasteiger partial charge in [0.2, 0.25) is 5.96 Å². The highest BCUT2D eigenvalue weighted by Crippen LogP contribution is 2.19. The molecule has 2 rings (SSSR count). The van der Waals surface area contributed by atoms with Crippen molar-refractivity contribution in [3.8, 4) is 23.2 Å². The number of hydrogen-bond acceptors (Lipinski definition) is 5. The molecule has 136 valence electrons. The van der Waals surface area contributed by atoms with Crippen LogP contribution in [0, 0.1) is 11.5 Å². The topological polar surface area (TPSA) is 104 Å². The minimum absolute atomic E-state index is 0.159. The minimum atomic E-state index is -0.159. The number of rotatable bonds is 7. The third-order valence-corrected chi connectivity index (χ3v) is 3.57. The van der Waals surface area contributed by atoms with Gasteiger partial charge in [-0.05, 0) is 43.7 Å². The lowest BCUT2D eigenvalue weighted by Gasteiger charge is -2.08. The Bertz CT molecular complexity index is 836. The molecule has 8 nitrogen and oxygen atoms in total. The van der Waals surface area contributed by atoms with Gasteiger partial charge in [0, 0.05) is 31.3 Å². The van der Waals surface area contributed by atoms with Crippen molar-refractivity contribution >= 4 is 5.96 Å². The lowest BCUT2D eigenvalue weighted by Crippen LogP contribution is -2.34. The molecule has 26 heavy (non-hydrogen) atoms. The summed E-state index contributed by atoms with van der Waals surface area (Å²) in [5.41, 5.74) is 1.47. The SMILES string of the molecule is CCNC(=NCCCn1nc(-c2ccc(OC)cc2)ccc1=O)NC#N. The summed E-state index contributed by atoms with van der Waals surface area (Å²) in [5, 5.41) is 18.5. The Morgan fingerprint density at radius 1 is 1.31 bits per heavy atom. The van der Waals surface area contributed by atoms with E-state index in [2.05, 4.69) is 20.7 Å². The van der Waals surface area contributed by atoms with Gasteiger partial charge in [0.25, 0.3) is 5.56 Å². The number of nitrogens with zero attached hydrogens (tertiary/aromatic N) is 4. The number of methoxy groups -OCH3 is 1. The molecule has 2 N–H and O–H groups in total.